The van der Waals surface area contributed by atoms with Crippen molar-refractivity contribution in [2.24, 2.45) is 7.05 Å². The summed E-state index contributed by atoms with van der Waals surface area (Å²) in [5.41, 5.74) is 1.67. The fraction of sp³-hybridized carbons (Fsp3) is 0.167. The molecule has 128 valence electrons. The largest absolute Gasteiger partial charge is 0.497 e. The minimum Gasteiger partial charge on any atom is -0.497 e. The monoisotopic (exact) mass is 354 g/mol. The van der Waals surface area contributed by atoms with Crippen molar-refractivity contribution in [3.8, 4) is 5.75 Å². The third-order valence-corrected chi connectivity index (χ3v) is 4.58. The molecule has 7 heteroatoms. The quantitative estimate of drug-likeness (QED) is 0.736. The van der Waals surface area contributed by atoms with Crippen LogP contribution in [0.3, 0.4) is 0 Å². The zero-order valence-electron chi connectivity index (χ0n) is 14.0. The van der Waals surface area contributed by atoms with Crippen LogP contribution in [0.25, 0.3) is 0 Å². The number of methoxy groups -OCH3 is 1. The number of hydrogen-bond acceptors (Lipinski definition) is 5. The first-order valence-electron chi connectivity index (χ1n) is 7.69. The number of rotatable bonds is 6. The zero-order valence-corrected chi connectivity index (χ0v) is 14.8. The standard InChI is InChI=1S/C18H18N4O2S/c1-22-12-19-21-18(22)25-16-8-6-14(7-9-16)20-17(23)11-13-4-3-5-15(10-13)24-2/h3-10,12H,11H2,1-2H3,(H,20,23). The molecule has 0 unspecified atom stereocenters. The van der Waals surface area contributed by atoms with Gasteiger partial charge in [-0.15, -0.1) is 10.2 Å². The van der Waals surface area contributed by atoms with Crippen molar-refractivity contribution in [2.45, 2.75) is 16.5 Å². The Morgan fingerprint density at radius 3 is 2.72 bits per heavy atom. The van der Waals surface area contributed by atoms with Crippen LogP contribution in [-0.4, -0.2) is 27.8 Å². The molecule has 0 saturated carbocycles. The summed E-state index contributed by atoms with van der Waals surface area (Å²) in [5.74, 6) is 0.678. The van der Waals surface area contributed by atoms with E-state index in [1.807, 2.05) is 60.1 Å². The Kier molecular flexibility index (Phi) is 5.35. The van der Waals surface area contributed by atoms with Crippen LogP contribution < -0.4 is 10.1 Å². The van der Waals surface area contributed by atoms with Crippen molar-refractivity contribution >= 4 is 23.4 Å². The number of nitrogens with zero attached hydrogens (tertiary/aromatic N) is 3. The van der Waals surface area contributed by atoms with Gasteiger partial charge < -0.3 is 14.6 Å². The molecule has 0 bridgehead atoms. The smallest absolute Gasteiger partial charge is 0.228 e. The third-order valence-electron chi connectivity index (χ3n) is 3.52. The molecular weight excluding hydrogens is 336 g/mol. The molecule has 0 atom stereocenters. The second kappa shape index (κ2) is 7.85. The molecule has 1 N–H and O–H groups in total. The van der Waals surface area contributed by atoms with E-state index in [-0.39, 0.29) is 5.91 Å². The van der Waals surface area contributed by atoms with E-state index in [2.05, 4.69) is 15.5 Å². The fourth-order valence-corrected chi connectivity index (χ4v) is 3.01. The lowest BCUT2D eigenvalue weighted by Crippen LogP contribution is -2.14. The number of ether oxygens (including phenoxy) is 1. The van der Waals surface area contributed by atoms with Crippen LogP contribution >= 0.6 is 11.8 Å². The van der Waals surface area contributed by atoms with E-state index in [9.17, 15) is 4.79 Å². The lowest BCUT2D eigenvalue weighted by molar-refractivity contribution is -0.115. The van der Waals surface area contributed by atoms with Crippen molar-refractivity contribution in [1.29, 1.82) is 0 Å². The van der Waals surface area contributed by atoms with Gasteiger partial charge in [-0.3, -0.25) is 4.79 Å². The minimum atomic E-state index is -0.0676. The summed E-state index contributed by atoms with van der Waals surface area (Å²) >= 11 is 1.52. The second-order valence-corrected chi connectivity index (χ2v) is 6.47. The highest BCUT2D eigenvalue weighted by atomic mass is 32.2. The highest BCUT2D eigenvalue weighted by Crippen LogP contribution is 2.26. The number of hydrogen-bond donors (Lipinski definition) is 1. The first-order valence-corrected chi connectivity index (χ1v) is 8.50. The van der Waals surface area contributed by atoms with Gasteiger partial charge in [0.25, 0.3) is 0 Å². The maximum atomic E-state index is 12.2. The summed E-state index contributed by atoms with van der Waals surface area (Å²) < 4.78 is 7.03. The van der Waals surface area contributed by atoms with Gasteiger partial charge in [-0.2, -0.15) is 0 Å². The first-order chi connectivity index (χ1) is 12.1. The average Bonchev–Trinajstić information content (AvgIpc) is 3.01. The predicted molar refractivity (Wildman–Crippen MR) is 96.9 cm³/mol. The molecular formula is C18H18N4O2S. The van der Waals surface area contributed by atoms with Crippen molar-refractivity contribution in [1.82, 2.24) is 14.8 Å². The van der Waals surface area contributed by atoms with Gasteiger partial charge in [-0.1, -0.05) is 12.1 Å². The molecule has 1 aromatic heterocycles. The molecule has 0 aliphatic carbocycles. The Morgan fingerprint density at radius 1 is 1.24 bits per heavy atom. The summed E-state index contributed by atoms with van der Waals surface area (Å²) in [7, 11) is 3.51. The van der Waals surface area contributed by atoms with E-state index in [0.29, 0.717) is 6.42 Å². The number of aryl methyl sites for hydroxylation is 1. The van der Waals surface area contributed by atoms with Crippen LogP contribution in [0, 0.1) is 0 Å². The van der Waals surface area contributed by atoms with E-state index >= 15 is 0 Å². The molecule has 2 aromatic carbocycles. The van der Waals surface area contributed by atoms with Crippen molar-refractivity contribution < 1.29 is 9.53 Å². The highest BCUT2D eigenvalue weighted by molar-refractivity contribution is 7.99. The fourth-order valence-electron chi connectivity index (χ4n) is 2.25. The molecule has 0 radical (unpaired) electrons. The van der Waals surface area contributed by atoms with E-state index in [1.165, 1.54) is 11.8 Å². The van der Waals surface area contributed by atoms with Crippen LogP contribution in [0.15, 0.2) is 64.9 Å². The summed E-state index contributed by atoms with van der Waals surface area (Å²) in [5, 5.41) is 11.6. The molecule has 1 heterocycles. The normalized spacial score (nSPS) is 10.5. The molecule has 0 fully saturated rings. The van der Waals surface area contributed by atoms with Gasteiger partial charge >= 0.3 is 0 Å². The van der Waals surface area contributed by atoms with Crippen molar-refractivity contribution in [3.63, 3.8) is 0 Å². The number of benzene rings is 2. The van der Waals surface area contributed by atoms with Gasteiger partial charge in [0.15, 0.2) is 5.16 Å². The molecule has 0 saturated heterocycles. The summed E-state index contributed by atoms with van der Waals surface area (Å²) in [6.45, 7) is 0. The summed E-state index contributed by atoms with van der Waals surface area (Å²) in [6.07, 6.45) is 1.96. The molecule has 0 aliphatic rings. The van der Waals surface area contributed by atoms with Crippen LogP contribution in [0.1, 0.15) is 5.56 Å². The maximum Gasteiger partial charge on any atom is 0.228 e. The molecule has 1 amide bonds. The van der Waals surface area contributed by atoms with Gasteiger partial charge in [-0.25, -0.2) is 0 Å². The van der Waals surface area contributed by atoms with Gasteiger partial charge in [-0.05, 0) is 53.7 Å². The van der Waals surface area contributed by atoms with Crippen molar-refractivity contribution in [2.75, 3.05) is 12.4 Å². The first kappa shape index (κ1) is 17.0. The molecule has 0 spiro atoms. The Hall–Kier alpha value is -2.80. The van der Waals surface area contributed by atoms with Gasteiger partial charge in [0.05, 0.1) is 13.5 Å². The lowest BCUT2D eigenvalue weighted by Gasteiger charge is -2.07. The number of nitrogens with one attached hydrogen (secondary N) is 1. The Balaban J connectivity index is 1.59. The summed E-state index contributed by atoms with van der Waals surface area (Å²) in [4.78, 5) is 13.2. The Morgan fingerprint density at radius 2 is 2.04 bits per heavy atom. The SMILES string of the molecule is COc1cccc(CC(=O)Nc2ccc(Sc3nncn3C)cc2)c1. The molecule has 3 rings (SSSR count). The van der Waals surface area contributed by atoms with Crippen LogP contribution in [-0.2, 0) is 18.3 Å². The Bertz CT molecular complexity index is 862. The van der Waals surface area contributed by atoms with Gasteiger partial charge in [0, 0.05) is 17.6 Å². The van der Waals surface area contributed by atoms with E-state index in [0.717, 1.165) is 27.1 Å². The maximum absolute atomic E-state index is 12.2. The number of carbonyl (C=O) groups excluding carboxylic acids is 1. The number of carbonyl (C=O) groups is 1. The highest BCUT2D eigenvalue weighted by Gasteiger charge is 2.07. The second-order valence-electron chi connectivity index (χ2n) is 5.43. The lowest BCUT2D eigenvalue weighted by atomic mass is 10.1. The molecule has 25 heavy (non-hydrogen) atoms. The van der Waals surface area contributed by atoms with E-state index in [4.69, 9.17) is 4.74 Å². The van der Waals surface area contributed by atoms with E-state index in [1.54, 1.807) is 13.4 Å². The number of anilines is 1. The van der Waals surface area contributed by atoms with Gasteiger partial charge in [0.2, 0.25) is 5.91 Å². The summed E-state index contributed by atoms with van der Waals surface area (Å²) in [6, 6.07) is 15.1. The number of amides is 1. The molecule has 6 nitrogen and oxygen atoms in total. The molecule has 0 aliphatic heterocycles. The van der Waals surface area contributed by atoms with Crippen LogP contribution in [0.4, 0.5) is 5.69 Å². The zero-order chi connectivity index (χ0) is 17.6. The van der Waals surface area contributed by atoms with Crippen LogP contribution in [0.5, 0.6) is 5.75 Å². The predicted octanol–water partition coefficient (Wildman–Crippen LogP) is 3.16. The molecule has 3 aromatic rings. The topological polar surface area (TPSA) is 69.0 Å². The third kappa shape index (κ3) is 4.60. The van der Waals surface area contributed by atoms with Crippen molar-refractivity contribution in [3.05, 3.63) is 60.4 Å². The average molecular weight is 354 g/mol. The van der Waals surface area contributed by atoms with Gasteiger partial charge in [0.1, 0.15) is 12.1 Å². The van der Waals surface area contributed by atoms with Crippen LogP contribution in [0.2, 0.25) is 0 Å². The Labute approximate surface area is 150 Å². The van der Waals surface area contributed by atoms with E-state index < -0.39 is 0 Å². The minimum absolute atomic E-state index is 0.0676. The number of aromatic nitrogens is 3.